The molecule has 0 N–H and O–H groups in total. The topological polar surface area (TPSA) is 46.6 Å². The summed E-state index contributed by atoms with van der Waals surface area (Å²) in [5, 5.41) is 0. The van der Waals surface area contributed by atoms with Crippen LogP contribution >= 0.6 is 0 Å². The lowest BCUT2D eigenvalue weighted by atomic mass is 9.47. The quantitative estimate of drug-likeness (QED) is 0.327. The van der Waals surface area contributed by atoms with Crippen molar-refractivity contribution in [2.45, 2.75) is 111 Å². The standard InChI is InChI=1S/C31H49NO3/c1-21(33)25-9-10-26-24-8-7-22-19-23(11-15-30(22,4)27(24)12-16-31(25,26)5)35-28(34)13-18-32-17-6-14-29(2,3)20-32/h7,23-27H,6,8-20H2,1-5H3/t23-,24-,25?,26-,27-,30-,31+/m0/s1. The fourth-order valence-corrected chi connectivity index (χ4v) is 9.63. The summed E-state index contributed by atoms with van der Waals surface area (Å²) >= 11 is 0. The van der Waals surface area contributed by atoms with Gasteiger partial charge in [0.05, 0.1) is 6.42 Å². The molecule has 4 nitrogen and oxygen atoms in total. The zero-order chi connectivity index (χ0) is 25.0. The number of ketones is 1. The highest BCUT2D eigenvalue weighted by molar-refractivity contribution is 5.79. The molecule has 0 aromatic heterocycles. The average Bonchev–Trinajstić information content (AvgIpc) is 3.15. The fraction of sp³-hybridized carbons (Fsp3) is 0.871. The van der Waals surface area contributed by atoms with E-state index in [1.54, 1.807) is 5.57 Å². The molecule has 1 heterocycles. The molecule has 0 aromatic carbocycles. The molecule has 5 aliphatic rings. The molecule has 196 valence electrons. The summed E-state index contributed by atoms with van der Waals surface area (Å²) in [6.07, 6.45) is 14.6. The number of nitrogens with zero attached hydrogens (tertiary/aromatic N) is 1. The van der Waals surface area contributed by atoms with Crippen LogP contribution in [-0.2, 0) is 14.3 Å². The lowest BCUT2D eigenvalue weighted by Crippen LogP contribution is -2.51. The minimum absolute atomic E-state index is 0.00840. The molecule has 3 saturated carbocycles. The van der Waals surface area contributed by atoms with E-state index in [0.717, 1.165) is 63.6 Å². The van der Waals surface area contributed by atoms with Gasteiger partial charge in [0.15, 0.2) is 0 Å². The number of piperidine rings is 1. The number of allylic oxidation sites excluding steroid dienone is 1. The van der Waals surface area contributed by atoms with Crippen molar-refractivity contribution in [3.8, 4) is 0 Å². The number of esters is 1. The van der Waals surface area contributed by atoms with Crippen molar-refractivity contribution in [2.24, 2.45) is 39.9 Å². The van der Waals surface area contributed by atoms with Gasteiger partial charge in [0.2, 0.25) is 0 Å². The first-order valence-corrected chi connectivity index (χ1v) is 14.6. The molecule has 1 aliphatic heterocycles. The third-order valence-corrected chi connectivity index (χ3v) is 11.5. The molecule has 4 heteroatoms. The van der Waals surface area contributed by atoms with Gasteiger partial charge < -0.3 is 9.64 Å². The molecule has 0 spiro atoms. The summed E-state index contributed by atoms with van der Waals surface area (Å²) in [5.74, 6) is 2.83. The van der Waals surface area contributed by atoms with Gasteiger partial charge in [-0.3, -0.25) is 9.59 Å². The number of carbonyl (C=O) groups is 2. The second-order valence-electron chi connectivity index (χ2n) is 14.2. The van der Waals surface area contributed by atoms with E-state index in [-0.39, 0.29) is 28.8 Å². The smallest absolute Gasteiger partial charge is 0.307 e. The minimum atomic E-state index is -0.00840. The number of hydrogen-bond acceptors (Lipinski definition) is 4. The molecule has 1 saturated heterocycles. The van der Waals surface area contributed by atoms with Crippen LogP contribution < -0.4 is 0 Å². The van der Waals surface area contributed by atoms with Crippen molar-refractivity contribution in [2.75, 3.05) is 19.6 Å². The maximum atomic E-state index is 12.7. The SMILES string of the molecule is CC(=O)C1CC[C@H]2[C@@H]3CC=C4C[C@@H](OC(=O)CCN5CCCC(C)(C)C5)CC[C@]4(C)[C@H]3CC[C@]12C. The zero-order valence-electron chi connectivity index (χ0n) is 23.0. The first-order chi connectivity index (χ1) is 16.5. The Balaban J connectivity index is 1.19. The molecule has 0 bridgehead atoms. The molecule has 5 rings (SSSR count). The summed E-state index contributed by atoms with van der Waals surface area (Å²) in [4.78, 5) is 27.6. The van der Waals surface area contributed by atoms with Crippen LogP contribution in [0.3, 0.4) is 0 Å². The van der Waals surface area contributed by atoms with Crippen LogP contribution in [0.15, 0.2) is 11.6 Å². The van der Waals surface area contributed by atoms with E-state index in [2.05, 4.69) is 38.7 Å². The average molecular weight is 484 g/mol. The molecule has 0 aromatic rings. The number of fused-ring (bicyclic) bond motifs is 5. The van der Waals surface area contributed by atoms with Crippen LogP contribution in [0.5, 0.6) is 0 Å². The molecule has 0 radical (unpaired) electrons. The van der Waals surface area contributed by atoms with Crippen molar-refractivity contribution in [3.63, 3.8) is 0 Å². The summed E-state index contributed by atoms with van der Waals surface area (Å²) in [7, 11) is 0. The predicted octanol–water partition coefficient (Wildman–Crippen LogP) is 6.58. The highest BCUT2D eigenvalue weighted by atomic mass is 16.5. The van der Waals surface area contributed by atoms with Gasteiger partial charge in [0.25, 0.3) is 0 Å². The van der Waals surface area contributed by atoms with Crippen molar-refractivity contribution in [1.82, 2.24) is 4.90 Å². The van der Waals surface area contributed by atoms with Gasteiger partial charge in [-0.1, -0.05) is 39.3 Å². The Labute approximate surface area is 213 Å². The summed E-state index contributed by atoms with van der Waals surface area (Å²) in [5.41, 5.74) is 2.39. The van der Waals surface area contributed by atoms with Gasteiger partial charge in [-0.2, -0.15) is 0 Å². The van der Waals surface area contributed by atoms with Crippen LogP contribution in [0.1, 0.15) is 105 Å². The Hall–Kier alpha value is -1.16. The van der Waals surface area contributed by atoms with Crippen molar-refractivity contribution < 1.29 is 14.3 Å². The number of hydrogen-bond donors (Lipinski definition) is 0. The first-order valence-electron chi connectivity index (χ1n) is 14.6. The van der Waals surface area contributed by atoms with Gasteiger partial charge in [-0.15, -0.1) is 0 Å². The molecular weight excluding hydrogens is 434 g/mol. The molecule has 4 aliphatic carbocycles. The van der Waals surface area contributed by atoms with Gasteiger partial charge in [0.1, 0.15) is 11.9 Å². The third kappa shape index (κ3) is 4.66. The number of Topliss-reactive ketones (excluding diaryl/α,β-unsaturated/α-hetero) is 1. The van der Waals surface area contributed by atoms with E-state index in [9.17, 15) is 9.59 Å². The molecule has 4 fully saturated rings. The maximum Gasteiger partial charge on any atom is 0.307 e. The zero-order valence-corrected chi connectivity index (χ0v) is 23.0. The Kier molecular flexibility index (Phi) is 6.77. The highest BCUT2D eigenvalue weighted by Crippen LogP contribution is 2.66. The molecule has 7 atom stereocenters. The molecule has 35 heavy (non-hydrogen) atoms. The van der Waals surface area contributed by atoms with Gasteiger partial charge >= 0.3 is 5.97 Å². The largest absolute Gasteiger partial charge is 0.462 e. The summed E-state index contributed by atoms with van der Waals surface area (Å²) in [6.45, 7) is 14.5. The Morgan fingerprint density at radius 2 is 1.83 bits per heavy atom. The van der Waals surface area contributed by atoms with E-state index in [1.165, 1.54) is 32.1 Å². The maximum absolute atomic E-state index is 12.7. The Morgan fingerprint density at radius 3 is 2.57 bits per heavy atom. The third-order valence-electron chi connectivity index (χ3n) is 11.5. The molecular formula is C31H49NO3. The van der Waals surface area contributed by atoms with Crippen LogP contribution in [-0.4, -0.2) is 42.4 Å². The highest BCUT2D eigenvalue weighted by Gasteiger charge is 2.59. The van der Waals surface area contributed by atoms with Crippen LogP contribution in [0.2, 0.25) is 0 Å². The van der Waals surface area contributed by atoms with Crippen molar-refractivity contribution in [1.29, 1.82) is 0 Å². The second kappa shape index (κ2) is 9.30. The predicted molar refractivity (Wildman–Crippen MR) is 140 cm³/mol. The summed E-state index contributed by atoms with van der Waals surface area (Å²) in [6, 6.07) is 0. The van der Waals surface area contributed by atoms with Crippen LogP contribution in [0.4, 0.5) is 0 Å². The van der Waals surface area contributed by atoms with E-state index in [0.29, 0.717) is 23.5 Å². The lowest BCUT2D eigenvalue weighted by molar-refractivity contribution is -0.152. The van der Waals surface area contributed by atoms with Crippen molar-refractivity contribution >= 4 is 11.8 Å². The number of likely N-dealkylation sites (tertiary alicyclic amines) is 1. The Bertz CT molecular complexity index is 876. The van der Waals surface area contributed by atoms with E-state index in [1.807, 2.05) is 6.92 Å². The number of carbonyl (C=O) groups excluding carboxylic acids is 2. The van der Waals surface area contributed by atoms with E-state index < -0.39 is 0 Å². The normalized spacial score (nSPS) is 42.9. The summed E-state index contributed by atoms with van der Waals surface area (Å²) < 4.78 is 6.05. The Morgan fingerprint density at radius 1 is 1.03 bits per heavy atom. The van der Waals surface area contributed by atoms with E-state index in [4.69, 9.17) is 4.74 Å². The number of rotatable bonds is 5. The van der Waals surface area contributed by atoms with Crippen molar-refractivity contribution in [3.05, 3.63) is 11.6 Å². The van der Waals surface area contributed by atoms with Gasteiger partial charge in [-0.05, 0) is 105 Å². The van der Waals surface area contributed by atoms with Gasteiger partial charge in [-0.25, -0.2) is 0 Å². The monoisotopic (exact) mass is 483 g/mol. The number of ether oxygens (including phenoxy) is 1. The van der Waals surface area contributed by atoms with Gasteiger partial charge in [0, 0.05) is 25.4 Å². The van der Waals surface area contributed by atoms with E-state index >= 15 is 0 Å². The first kappa shape index (κ1) is 25.5. The lowest BCUT2D eigenvalue weighted by Gasteiger charge is -2.58. The van der Waals surface area contributed by atoms with Crippen LogP contribution in [0.25, 0.3) is 0 Å². The minimum Gasteiger partial charge on any atom is -0.462 e. The second-order valence-corrected chi connectivity index (χ2v) is 14.2. The molecule has 0 amide bonds. The fourth-order valence-electron chi connectivity index (χ4n) is 9.63. The van der Waals surface area contributed by atoms with Crippen LogP contribution in [0, 0.1) is 39.9 Å². The molecule has 1 unspecified atom stereocenters.